The third kappa shape index (κ3) is 1.28. The maximum atomic E-state index is 5.82. The molecular formula is C9H17N3. The Labute approximate surface area is 73.6 Å². The number of nitrogens with zero attached hydrogens (tertiary/aromatic N) is 2. The molecule has 0 amide bonds. The Kier molecular flexibility index (Phi) is 1.95. The summed E-state index contributed by atoms with van der Waals surface area (Å²) >= 11 is 0. The molecule has 2 N–H and O–H groups in total. The van der Waals surface area contributed by atoms with E-state index in [0.29, 0.717) is 6.04 Å². The summed E-state index contributed by atoms with van der Waals surface area (Å²) in [5, 5.41) is 0. The fourth-order valence-corrected chi connectivity index (χ4v) is 1.96. The first kappa shape index (κ1) is 7.90. The molecule has 2 aliphatic rings. The first-order valence-electron chi connectivity index (χ1n) is 4.91. The van der Waals surface area contributed by atoms with E-state index in [0.717, 1.165) is 18.5 Å². The van der Waals surface area contributed by atoms with Crippen LogP contribution < -0.4 is 5.73 Å². The molecule has 0 aromatic carbocycles. The Morgan fingerprint density at radius 2 is 2.33 bits per heavy atom. The monoisotopic (exact) mass is 167 g/mol. The van der Waals surface area contributed by atoms with Crippen molar-refractivity contribution in [2.45, 2.75) is 44.7 Å². The smallest absolute Gasteiger partial charge is 0.191 e. The molecule has 1 heterocycles. The minimum absolute atomic E-state index is 0.613. The normalized spacial score (nSPS) is 29.2. The van der Waals surface area contributed by atoms with Gasteiger partial charge in [-0.2, -0.15) is 0 Å². The summed E-state index contributed by atoms with van der Waals surface area (Å²) < 4.78 is 0. The zero-order valence-corrected chi connectivity index (χ0v) is 7.66. The summed E-state index contributed by atoms with van der Waals surface area (Å²) in [6.45, 7) is 3.15. The van der Waals surface area contributed by atoms with Crippen LogP contribution in [0, 0.1) is 0 Å². The fraction of sp³-hybridized carbons (Fsp3) is 0.889. The van der Waals surface area contributed by atoms with Crippen LogP contribution in [0.4, 0.5) is 0 Å². The standard InChI is InChI=1S/C9H17N3/c1-2-3-8-6-11-9(10)12(8)7-4-5-7/h7-8H,2-6H2,1H3,(H2,10,11). The molecule has 0 bridgehead atoms. The van der Waals surface area contributed by atoms with Crippen LogP contribution in [0.2, 0.25) is 0 Å². The topological polar surface area (TPSA) is 41.6 Å². The molecule has 1 atom stereocenters. The molecule has 3 heteroatoms. The van der Waals surface area contributed by atoms with Crippen LogP contribution in [0.15, 0.2) is 4.99 Å². The SMILES string of the molecule is CCCC1CN=C(N)N1C1CC1. The summed E-state index contributed by atoms with van der Waals surface area (Å²) in [5.41, 5.74) is 5.82. The van der Waals surface area contributed by atoms with Crippen LogP contribution >= 0.6 is 0 Å². The van der Waals surface area contributed by atoms with Crippen molar-refractivity contribution in [3.05, 3.63) is 0 Å². The number of guanidine groups is 1. The van der Waals surface area contributed by atoms with Crippen molar-refractivity contribution in [2.75, 3.05) is 6.54 Å². The van der Waals surface area contributed by atoms with Crippen molar-refractivity contribution < 1.29 is 0 Å². The van der Waals surface area contributed by atoms with Crippen molar-refractivity contribution in [1.29, 1.82) is 0 Å². The molecule has 2 rings (SSSR count). The van der Waals surface area contributed by atoms with Gasteiger partial charge < -0.3 is 10.6 Å². The van der Waals surface area contributed by atoms with Crippen molar-refractivity contribution in [3.8, 4) is 0 Å². The van der Waals surface area contributed by atoms with Crippen molar-refractivity contribution >= 4 is 5.96 Å². The predicted octanol–water partition coefficient (Wildman–Crippen LogP) is 0.948. The van der Waals surface area contributed by atoms with Crippen LogP contribution in [0.25, 0.3) is 0 Å². The Balaban J connectivity index is 1.98. The van der Waals surface area contributed by atoms with Crippen molar-refractivity contribution in [1.82, 2.24) is 4.90 Å². The molecule has 1 aliphatic heterocycles. The Morgan fingerprint density at radius 1 is 1.58 bits per heavy atom. The van der Waals surface area contributed by atoms with E-state index in [9.17, 15) is 0 Å². The summed E-state index contributed by atoms with van der Waals surface area (Å²) in [7, 11) is 0. The van der Waals surface area contributed by atoms with Crippen molar-refractivity contribution in [2.24, 2.45) is 10.7 Å². The van der Waals surface area contributed by atoms with E-state index in [1.54, 1.807) is 0 Å². The van der Waals surface area contributed by atoms with Crippen molar-refractivity contribution in [3.63, 3.8) is 0 Å². The lowest BCUT2D eigenvalue weighted by Gasteiger charge is -2.25. The largest absolute Gasteiger partial charge is 0.370 e. The predicted molar refractivity (Wildman–Crippen MR) is 50.0 cm³/mol. The van der Waals surface area contributed by atoms with Crippen LogP contribution in [0.3, 0.4) is 0 Å². The van der Waals surface area contributed by atoms with E-state index in [1.807, 2.05) is 0 Å². The van der Waals surface area contributed by atoms with E-state index in [4.69, 9.17) is 5.73 Å². The van der Waals surface area contributed by atoms with E-state index in [-0.39, 0.29) is 0 Å². The van der Waals surface area contributed by atoms with Gasteiger partial charge in [0.05, 0.1) is 12.6 Å². The highest BCUT2D eigenvalue weighted by molar-refractivity contribution is 5.80. The first-order chi connectivity index (χ1) is 5.83. The molecule has 0 aromatic rings. The summed E-state index contributed by atoms with van der Waals surface area (Å²) in [6, 6.07) is 1.34. The second kappa shape index (κ2) is 2.96. The third-order valence-electron chi connectivity index (χ3n) is 2.68. The van der Waals surface area contributed by atoms with Gasteiger partial charge in [-0.15, -0.1) is 0 Å². The lowest BCUT2D eigenvalue weighted by Crippen LogP contribution is -2.42. The second-order valence-corrected chi connectivity index (χ2v) is 3.78. The average molecular weight is 167 g/mol. The molecule has 0 aromatic heterocycles. The lowest BCUT2D eigenvalue weighted by atomic mass is 10.1. The molecular weight excluding hydrogens is 150 g/mol. The van der Waals surface area contributed by atoms with Gasteiger partial charge >= 0.3 is 0 Å². The van der Waals surface area contributed by atoms with Gasteiger partial charge in [0, 0.05) is 6.04 Å². The zero-order valence-electron chi connectivity index (χ0n) is 7.66. The number of rotatable bonds is 3. The van der Waals surface area contributed by atoms with Crippen LogP contribution in [-0.2, 0) is 0 Å². The molecule has 1 saturated carbocycles. The van der Waals surface area contributed by atoms with Gasteiger partial charge in [-0.25, -0.2) is 0 Å². The van der Waals surface area contributed by atoms with E-state index >= 15 is 0 Å². The molecule has 68 valence electrons. The minimum Gasteiger partial charge on any atom is -0.370 e. The van der Waals surface area contributed by atoms with Gasteiger partial charge in [0.2, 0.25) is 0 Å². The average Bonchev–Trinajstić information content (AvgIpc) is 2.80. The first-order valence-corrected chi connectivity index (χ1v) is 4.91. The van der Waals surface area contributed by atoms with Gasteiger partial charge in [-0.1, -0.05) is 13.3 Å². The molecule has 12 heavy (non-hydrogen) atoms. The number of hydrogen-bond acceptors (Lipinski definition) is 3. The van der Waals surface area contributed by atoms with Gasteiger partial charge in [-0.05, 0) is 19.3 Å². The van der Waals surface area contributed by atoms with Gasteiger partial charge in [0.15, 0.2) is 5.96 Å². The maximum absolute atomic E-state index is 5.82. The van der Waals surface area contributed by atoms with Crippen LogP contribution in [0.1, 0.15) is 32.6 Å². The maximum Gasteiger partial charge on any atom is 0.191 e. The number of hydrogen-bond donors (Lipinski definition) is 1. The van der Waals surface area contributed by atoms with Gasteiger partial charge in [-0.3, -0.25) is 4.99 Å². The second-order valence-electron chi connectivity index (χ2n) is 3.78. The zero-order chi connectivity index (χ0) is 8.55. The highest BCUT2D eigenvalue weighted by Crippen LogP contribution is 2.31. The number of aliphatic imine (C=N–C) groups is 1. The molecule has 0 saturated heterocycles. The molecule has 1 fully saturated rings. The van der Waals surface area contributed by atoms with Crippen LogP contribution in [0.5, 0.6) is 0 Å². The summed E-state index contributed by atoms with van der Waals surface area (Å²) in [6.07, 6.45) is 5.10. The molecule has 0 radical (unpaired) electrons. The molecule has 3 nitrogen and oxygen atoms in total. The Bertz CT molecular complexity index is 196. The summed E-state index contributed by atoms with van der Waals surface area (Å²) in [5.74, 6) is 0.788. The Morgan fingerprint density at radius 3 is 2.92 bits per heavy atom. The highest BCUT2D eigenvalue weighted by atomic mass is 15.4. The van der Waals surface area contributed by atoms with E-state index < -0.39 is 0 Å². The van der Waals surface area contributed by atoms with Gasteiger partial charge in [0.1, 0.15) is 0 Å². The molecule has 0 spiro atoms. The molecule has 1 unspecified atom stereocenters. The Hall–Kier alpha value is -0.730. The van der Waals surface area contributed by atoms with E-state index in [2.05, 4.69) is 16.8 Å². The van der Waals surface area contributed by atoms with Crippen LogP contribution in [-0.4, -0.2) is 29.5 Å². The molecule has 1 aliphatic carbocycles. The third-order valence-corrected chi connectivity index (χ3v) is 2.68. The fourth-order valence-electron chi connectivity index (χ4n) is 1.96. The lowest BCUT2D eigenvalue weighted by molar-refractivity contribution is 0.313. The summed E-state index contributed by atoms with van der Waals surface area (Å²) in [4.78, 5) is 6.64. The highest BCUT2D eigenvalue weighted by Gasteiger charge is 2.37. The van der Waals surface area contributed by atoms with E-state index in [1.165, 1.54) is 25.7 Å². The quantitative estimate of drug-likeness (QED) is 0.680. The number of nitrogens with two attached hydrogens (primary N) is 1. The minimum atomic E-state index is 0.613. The van der Waals surface area contributed by atoms with Gasteiger partial charge in [0.25, 0.3) is 0 Å².